The third-order valence-corrected chi connectivity index (χ3v) is 5.85. The molecule has 0 spiro atoms. The van der Waals surface area contributed by atoms with Gasteiger partial charge in [0.15, 0.2) is 0 Å². The normalized spacial score (nSPS) is 11.2. The number of imidazole rings is 1. The molecule has 0 fully saturated rings. The third-order valence-electron chi connectivity index (χ3n) is 5.00. The van der Waals surface area contributed by atoms with E-state index in [9.17, 15) is 0 Å². The molecule has 0 aliphatic carbocycles. The zero-order chi connectivity index (χ0) is 20.4. The first kappa shape index (κ1) is 19.8. The van der Waals surface area contributed by atoms with Crippen molar-refractivity contribution in [1.82, 2.24) is 9.55 Å². The summed E-state index contributed by atoms with van der Waals surface area (Å²) in [6.45, 7) is 5.25. The lowest BCUT2D eigenvalue weighted by Crippen LogP contribution is -2.12. The zero-order valence-electron chi connectivity index (χ0n) is 16.5. The number of nitrogens with zero attached hydrogens (tertiary/aromatic N) is 2. The Hall–Kier alpha value is -2.49. The molecule has 0 saturated carbocycles. The minimum Gasteiger partial charge on any atom is -0.492 e. The van der Waals surface area contributed by atoms with Gasteiger partial charge in [0, 0.05) is 16.5 Å². The zero-order valence-corrected chi connectivity index (χ0v) is 18.0. The van der Waals surface area contributed by atoms with Gasteiger partial charge in [0.25, 0.3) is 0 Å². The van der Waals surface area contributed by atoms with E-state index in [2.05, 4.69) is 10.6 Å². The van der Waals surface area contributed by atoms with Crippen molar-refractivity contribution >= 4 is 34.2 Å². The van der Waals surface area contributed by atoms with E-state index in [4.69, 9.17) is 32.9 Å². The predicted molar refractivity (Wildman–Crippen MR) is 120 cm³/mol. The summed E-state index contributed by atoms with van der Waals surface area (Å²) in [5.41, 5.74) is 5.34. The van der Waals surface area contributed by atoms with Crippen LogP contribution in [-0.4, -0.2) is 16.2 Å². The molecular weight excluding hydrogens is 403 g/mol. The molecule has 0 atom stereocenters. The van der Waals surface area contributed by atoms with Crippen LogP contribution < -0.4 is 4.74 Å². The van der Waals surface area contributed by atoms with Crippen LogP contribution in [-0.2, 0) is 13.0 Å². The number of halogens is 2. The van der Waals surface area contributed by atoms with Gasteiger partial charge in [0.1, 0.15) is 18.2 Å². The molecular formula is C24H22Cl2N2O. The molecule has 0 aliphatic rings. The van der Waals surface area contributed by atoms with Crippen LogP contribution in [0, 0.1) is 13.8 Å². The quantitative estimate of drug-likeness (QED) is 0.347. The molecule has 0 saturated heterocycles. The standard InChI is InChI=1S/C24H22Cl2N2O/c1-16-13-20(14-17(2)24(16)26)29-12-11-28-22-6-4-3-5-21(22)27-23(28)15-18-7-9-19(25)10-8-18/h3-10,13-14H,11-12,15H2,1-2H3. The largest absolute Gasteiger partial charge is 0.492 e. The summed E-state index contributed by atoms with van der Waals surface area (Å²) in [7, 11) is 0. The molecule has 148 valence electrons. The highest BCUT2D eigenvalue weighted by Gasteiger charge is 2.12. The minimum atomic E-state index is 0.550. The number of benzene rings is 3. The van der Waals surface area contributed by atoms with E-state index in [-0.39, 0.29) is 0 Å². The van der Waals surface area contributed by atoms with Crippen molar-refractivity contribution in [1.29, 1.82) is 0 Å². The van der Waals surface area contributed by atoms with Gasteiger partial charge >= 0.3 is 0 Å². The Balaban J connectivity index is 1.56. The second kappa shape index (κ2) is 8.48. The molecule has 0 N–H and O–H groups in total. The topological polar surface area (TPSA) is 27.1 Å². The first-order chi connectivity index (χ1) is 14.0. The summed E-state index contributed by atoms with van der Waals surface area (Å²) in [4.78, 5) is 4.85. The second-order valence-corrected chi connectivity index (χ2v) is 8.01. The number of hydrogen-bond acceptors (Lipinski definition) is 2. The SMILES string of the molecule is Cc1cc(OCCn2c(Cc3ccc(Cl)cc3)nc3ccccc32)cc(C)c1Cl. The maximum absolute atomic E-state index is 6.26. The molecule has 29 heavy (non-hydrogen) atoms. The second-order valence-electron chi connectivity index (χ2n) is 7.19. The summed E-state index contributed by atoms with van der Waals surface area (Å²) < 4.78 is 8.28. The van der Waals surface area contributed by atoms with E-state index >= 15 is 0 Å². The van der Waals surface area contributed by atoms with Crippen molar-refractivity contribution in [3.05, 3.63) is 93.2 Å². The molecule has 5 heteroatoms. The fourth-order valence-electron chi connectivity index (χ4n) is 3.54. The molecule has 4 rings (SSSR count). The van der Waals surface area contributed by atoms with E-state index in [1.54, 1.807) is 0 Å². The number of aryl methyl sites for hydroxylation is 2. The molecule has 0 amide bonds. The van der Waals surface area contributed by atoms with E-state index in [1.807, 2.05) is 68.4 Å². The van der Waals surface area contributed by atoms with Crippen molar-refractivity contribution in [2.75, 3.05) is 6.61 Å². The Morgan fingerprint density at radius 1 is 0.931 bits per heavy atom. The lowest BCUT2D eigenvalue weighted by Gasteiger charge is -2.13. The van der Waals surface area contributed by atoms with Crippen molar-refractivity contribution in [2.24, 2.45) is 0 Å². The third kappa shape index (κ3) is 4.42. The Morgan fingerprint density at radius 3 is 2.34 bits per heavy atom. The van der Waals surface area contributed by atoms with Crippen LogP contribution in [0.2, 0.25) is 10.0 Å². The molecule has 0 unspecified atom stereocenters. The molecule has 3 aromatic carbocycles. The van der Waals surface area contributed by atoms with E-state index in [0.29, 0.717) is 13.2 Å². The number of hydrogen-bond donors (Lipinski definition) is 0. The van der Waals surface area contributed by atoms with Crippen LogP contribution in [0.3, 0.4) is 0 Å². The van der Waals surface area contributed by atoms with Crippen molar-refractivity contribution in [2.45, 2.75) is 26.8 Å². The van der Waals surface area contributed by atoms with Gasteiger partial charge in [-0.1, -0.05) is 47.5 Å². The monoisotopic (exact) mass is 424 g/mol. The van der Waals surface area contributed by atoms with Gasteiger partial charge in [-0.15, -0.1) is 0 Å². The van der Waals surface area contributed by atoms with Gasteiger partial charge in [-0.3, -0.25) is 0 Å². The highest BCUT2D eigenvalue weighted by molar-refractivity contribution is 6.32. The van der Waals surface area contributed by atoms with Crippen LogP contribution in [0.15, 0.2) is 60.7 Å². The average Bonchev–Trinajstić information content (AvgIpc) is 3.05. The number of rotatable bonds is 6. The Morgan fingerprint density at radius 2 is 1.62 bits per heavy atom. The maximum Gasteiger partial charge on any atom is 0.120 e. The highest BCUT2D eigenvalue weighted by Crippen LogP contribution is 2.26. The maximum atomic E-state index is 6.26. The molecule has 4 aromatic rings. The van der Waals surface area contributed by atoms with Crippen LogP contribution >= 0.6 is 23.2 Å². The van der Waals surface area contributed by atoms with Crippen molar-refractivity contribution in [3.63, 3.8) is 0 Å². The van der Waals surface area contributed by atoms with Crippen molar-refractivity contribution < 1.29 is 4.74 Å². The molecule has 0 aliphatic heterocycles. The van der Waals surface area contributed by atoms with E-state index in [0.717, 1.165) is 50.2 Å². The number of aromatic nitrogens is 2. The molecule has 0 bridgehead atoms. The summed E-state index contributed by atoms with van der Waals surface area (Å²) >= 11 is 12.3. The first-order valence-electron chi connectivity index (χ1n) is 9.59. The number of ether oxygens (including phenoxy) is 1. The van der Waals surface area contributed by atoms with Gasteiger partial charge in [-0.25, -0.2) is 4.98 Å². The Labute approximate surface area is 180 Å². The summed E-state index contributed by atoms with van der Waals surface area (Å²) in [5, 5.41) is 1.53. The molecule has 3 nitrogen and oxygen atoms in total. The lowest BCUT2D eigenvalue weighted by atomic mass is 10.1. The summed E-state index contributed by atoms with van der Waals surface area (Å²) in [6.07, 6.45) is 0.741. The summed E-state index contributed by atoms with van der Waals surface area (Å²) in [6, 6.07) is 20.1. The lowest BCUT2D eigenvalue weighted by molar-refractivity contribution is 0.298. The average molecular weight is 425 g/mol. The molecule has 1 aromatic heterocycles. The fourth-order valence-corrected chi connectivity index (χ4v) is 3.77. The van der Waals surface area contributed by atoms with Gasteiger partial charge in [0.2, 0.25) is 0 Å². The van der Waals surface area contributed by atoms with Gasteiger partial charge in [0.05, 0.1) is 17.6 Å². The van der Waals surface area contributed by atoms with Crippen LogP contribution in [0.4, 0.5) is 0 Å². The Kier molecular flexibility index (Phi) is 5.79. The van der Waals surface area contributed by atoms with Crippen molar-refractivity contribution in [3.8, 4) is 5.75 Å². The smallest absolute Gasteiger partial charge is 0.120 e. The Bertz CT molecular complexity index is 1130. The number of para-hydroxylation sites is 2. The first-order valence-corrected chi connectivity index (χ1v) is 10.3. The van der Waals surface area contributed by atoms with E-state index < -0.39 is 0 Å². The number of fused-ring (bicyclic) bond motifs is 1. The molecule has 0 radical (unpaired) electrons. The highest BCUT2D eigenvalue weighted by atomic mass is 35.5. The van der Waals surface area contributed by atoms with Crippen LogP contribution in [0.25, 0.3) is 11.0 Å². The summed E-state index contributed by atoms with van der Waals surface area (Å²) in [5.74, 6) is 1.86. The van der Waals surface area contributed by atoms with Gasteiger partial charge in [-0.2, -0.15) is 0 Å². The minimum absolute atomic E-state index is 0.550. The predicted octanol–water partition coefficient (Wildman–Crippen LogP) is 6.63. The van der Waals surface area contributed by atoms with E-state index in [1.165, 1.54) is 5.56 Å². The van der Waals surface area contributed by atoms with Crippen LogP contribution in [0.5, 0.6) is 5.75 Å². The fraction of sp³-hybridized carbons (Fsp3) is 0.208. The van der Waals surface area contributed by atoms with Crippen LogP contribution in [0.1, 0.15) is 22.5 Å². The van der Waals surface area contributed by atoms with Gasteiger partial charge < -0.3 is 9.30 Å². The van der Waals surface area contributed by atoms with Gasteiger partial charge in [-0.05, 0) is 66.9 Å². The molecule has 1 heterocycles.